The first-order valence-corrected chi connectivity index (χ1v) is 9.20. The molecule has 0 N–H and O–H groups in total. The first-order valence-electron chi connectivity index (χ1n) is 8.32. The van der Waals surface area contributed by atoms with Crippen molar-refractivity contribution in [2.45, 2.75) is 32.9 Å². The summed E-state index contributed by atoms with van der Waals surface area (Å²) in [6.45, 7) is 7.97. The van der Waals surface area contributed by atoms with E-state index in [9.17, 15) is 9.59 Å². The van der Waals surface area contributed by atoms with E-state index >= 15 is 0 Å². The summed E-state index contributed by atoms with van der Waals surface area (Å²) in [5, 5.41) is 0.212. The van der Waals surface area contributed by atoms with Gasteiger partial charge in [-0.2, -0.15) is 0 Å². The second-order valence-electron chi connectivity index (χ2n) is 6.47. The van der Waals surface area contributed by atoms with Gasteiger partial charge in [0, 0.05) is 5.25 Å². The predicted molar refractivity (Wildman–Crippen MR) is 104 cm³/mol. The maximum absolute atomic E-state index is 13.2. The van der Waals surface area contributed by atoms with Gasteiger partial charge in [0.1, 0.15) is 0 Å². The first-order chi connectivity index (χ1) is 11.9. The highest BCUT2D eigenvalue weighted by Gasteiger charge is 2.40. The van der Waals surface area contributed by atoms with Gasteiger partial charge in [-0.05, 0) is 31.0 Å². The Balaban J connectivity index is 2.13. The molecule has 3 rings (SSSR count). The number of hydrogen-bond acceptors (Lipinski definition) is 3. The molecule has 0 fully saturated rings. The van der Waals surface area contributed by atoms with Gasteiger partial charge in [0.15, 0.2) is 0 Å². The van der Waals surface area contributed by atoms with Crippen molar-refractivity contribution in [1.82, 2.24) is 0 Å². The minimum Gasteiger partial charge on any atom is -0.268 e. The molecular formula is C21H21NO2S. The minimum atomic E-state index is -0.244. The van der Waals surface area contributed by atoms with Crippen molar-refractivity contribution in [2.75, 3.05) is 4.90 Å². The average molecular weight is 351 g/mol. The number of para-hydroxylation sites is 1. The van der Waals surface area contributed by atoms with E-state index in [0.717, 1.165) is 16.7 Å². The van der Waals surface area contributed by atoms with E-state index in [0.29, 0.717) is 16.2 Å². The molecule has 0 bridgehead atoms. The van der Waals surface area contributed by atoms with Gasteiger partial charge in [-0.25, -0.2) is 4.90 Å². The topological polar surface area (TPSA) is 37.4 Å². The summed E-state index contributed by atoms with van der Waals surface area (Å²) < 4.78 is 0. The largest absolute Gasteiger partial charge is 0.272 e. The van der Waals surface area contributed by atoms with E-state index in [4.69, 9.17) is 0 Å². The molecule has 2 amide bonds. The molecule has 0 aliphatic carbocycles. The Morgan fingerprint density at radius 3 is 2.12 bits per heavy atom. The lowest BCUT2D eigenvalue weighted by Crippen LogP contribution is -2.32. The standard InChI is InChI=1S/C21H21NO2S/c1-13(2)25-19-18(16-11-9-14(3)10-12-16)20(23)22(21(19)24)17-8-6-5-7-15(17)4/h5-13H,1-4H3. The number of carbonyl (C=O) groups is 2. The fourth-order valence-corrected chi connectivity index (χ4v) is 3.85. The van der Waals surface area contributed by atoms with Crippen LogP contribution in [0.25, 0.3) is 5.57 Å². The zero-order chi connectivity index (χ0) is 18.1. The molecule has 0 spiro atoms. The van der Waals surface area contributed by atoms with E-state index in [1.807, 2.05) is 76.2 Å². The number of nitrogens with zero attached hydrogens (tertiary/aromatic N) is 1. The summed E-state index contributed by atoms with van der Waals surface area (Å²) in [5.41, 5.74) is 3.98. The zero-order valence-corrected chi connectivity index (χ0v) is 15.7. The van der Waals surface area contributed by atoms with E-state index in [1.54, 1.807) is 0 Å². The van der Waals surface area contributed by atoms with Gasteiger partial charge in [0.25, 0.3) is 11.8 Å². The van der Waals surface area contributed by atoms with Gasteiger partial charge < -0.3 is 0 Å². The number of amides is 2. The molecule has 1 heterocycles. The van der Waals surface area contributed by atoms with Crippen LogP contribution in [0.2, 0.25) is 0 Å². The highest BCUT2D eigenvalue weighted by atomic mass is 32.2. The lowest BCUT2D eigenvalue weighted by Gasteiger charge is -2.17. The fourth-order valence-electron chi connectivity index (χ4n) is 2.86. The summed E-state index contributed by atoms with van der Waals surface area (Å²) >= 11 is 1.45. The molecule has 25 heavy (non-hydrogen) atoms. The molecule has 0 unspecified atom stereocenters. The van der Waals surface area contributed by atoms with Crippen molar-refractivity contribution >= 4 is 34.8 Å². The quantitative estimate of drug-likeness (QED) is 0.747. The van der Waals surface area contributed by atoms with Gasteiger partial charge in [-0.15, -0.1) is 11.8 Å². The van der Waals surface area contributed by atoms with Crippen molar-refractivity contribution in [2.24, 2.45) is 0 Å². The number of hydrogen-bond donors (Lipinski definition) is 0. The summed E-state index contributed by atoms with van der Waals surface area (Å²) in [4.78, 5) is 28.1. The molecule has 4 heteroatoms. The molecule has 0 saturated carbocycles. The Labute approximate surface area is 152 Å². The number of anilines is 1. The predicted octanol–water partition coefficient (Wildman–Crippen LogP) is 4.73. The van der Waals surface area contributed by atoms with Crippen molar-refractivity contribution < 1.29 is 9.59 Å². The van der Waals surface area contributed by atoms with Crippen LogP contribution in [-0.4, -0.2) is 17.1 Å². The monoisotopic (exact) mass is 351 g/mol. The van der Waals surface area contributed by atoms with Gasteiger partial charge >= 0.3 is 0 Å². The third kappa shape index (κ3) is 3.27. The Kier molecular flexibility index (Phi) is 4.82. The van der Waals surface area contributed by atoms with Crippen LogP contribution < -0.4 is 4.90 Å². The molecule has 1 aliphatic rings. The second kappa shape index (κ2) is 6.89. The maximum Gasteiger partial charge on any atom is 0.272 e. The molecule has 0 aromatic heterocycles. The molecule has 2 aromatic rings. The van der Waals surface area contributed by atoms with E-state index in [1.165, 1.54) is 16.7 Å². The van der Waals surface area contributed by atoms with Crippen LogP contribution in [0.3, 0.4) is 0 Å². The van der Waals surface area contributed by atoms with Crippen LogP contribution >= 0.6 is 11.8 Å². The molecule has 3 nitrogen and oxygen atoms in total. The summed E-state index contributed by atoms with van der Waals surface area (Å²) in [7, 11) is 0. The van der Waals surface area contributed by atoms with Crippen LogP contribution in [0.5, 0.6) is 0 Å². The fraction of sp³-hybridized carbons (Fsp3) is 0.238. The Morgan fingerprint density at radius 1 is 0.880 bits per heavy atom. The number of rotatable bonds is 4. The molecule has 0 atom stereocenters. The lowest BCUT2D eigenvalue weighted by atomic mass is 10.0. The van der Waals surface area contributed by atoms with Crippen molar-refractivity contribution in [1.29, 1.82) is 0 Å². The Bertz CT molecular complexity index is 866. The van der Waals surface area contributed by atoms with E-state index in [2.05, 4.69) is 0 Å². The van der Waals surface area contributed by atoms with Crippen LogP contribution in [0, 0.1) is 13.8 Å². The number of aryl methyl sites for hydroxylation is 2. The summed E-state index contributed by atoms with van der Waals surface area (Å²) in [6.07, 6.45) is 0. The number of benzene rings is 2. The molecule has 0 saturated heterocycles. The van der Waals surface area contributed by atoms with Gasteiger partial charge in [0.05, 0.1) is 16.2 Å². The maximum atomic E-state index is 13.2. The molecule has 2 aromatic carbocycles. The van der Waals surface area contributed by atoms with Crippen molar-refractivity contribution in [3.05, 3.63) is 70.1 Å². The molecule has 128 valence electrons. The summed E-state index contributed by atoms with van der Waals surface area (Å²) in [5.74, 6) is -0.472. The molecule has 1 aliphatic heterocycles. The Morgan fingerprint density at radius 2 is 1.52 bits per heavy atom. The highest BCUT2D eigenvalue weighted by molar-refractivity contribution is 8.04. The van der Waals surface area contributed by atoms with Crippen LogP contribution in [0.1, 0.15) is 30.5 Å². The number of thioether (sulfide) groups is 1. The third-order valence-corrected chi connectivity index (χ3v) is 5.18. The molecular weight excluding hydrogens is 330 g/mol. The van der Waals surface area contributed by atoms with Gasteiger partial charge in [-0.3, -0.25) is 9.59 Å². The average Bonchev–Trinajstić information content (AvgIpc) is 2.80. The normalized spacial score (nSPS) is 14.8. The minimum absolute atomic E-state index is 0.212. The van der Waals surface area contributed by atoms with Crippen molar-refractivity contribution in [3.63, 3.8) is 0 Å². The SMILES string of the molecule is Cc1ccc(C2=C(SC(C)C)C(=O)N(c3ccccc3C)C2=O)cc1. The van der Waals surface area contributed by atoms with Gasteiger partial charge in [-0.1, -0.05) is 61.9 Å². The highest BCUT2D eigenvalue weighted by Crippen LogP contribution is 2.40. The zero-order valence-electron chi connectivity index (χ0n) is 14.9. The smallest absolute Gasteiger partial charge is 0.268 e. The van der Waals surface area contributed by atoms with E-state index < -0.39 is 0 Å². The molecule has 0 radical (unpaired) electrons. The summed E-state index contributed by atoms with van der Waals surface area (Å²) in [6, 6.07) is 15.2. The third-order valence-electron chi connectivity index (χ3n) is 4.09. The van der Waals surface area contributed by atoms with E-state index in [-0.39, 0.29) is 17.1 Å². The van der Waals surface area contributed by atoms with Crippen LogP contribution in [0.15, 0.2) is 53.4 Å². The number of imide groups is 1. The first kappa shape index (κ1) is 17.5. The second-order valence-corrected chi connectivity index (χ2v) is 8.06. The lowest BCUT2D eigenvalue weighted by molar-refractivity contribution is -0.119. The van der Waals surface area contributed by atoms with Crippen LogP contribution in [0.4, 0.5) is 5.69 Å². The van der Waals surface area contributed by atoms with Crippen LogP contribution in [-0.2, 0) is 9.59 Å². The van der Waals surface area contributed by atoms with Crippen molar-refractivity contribution in [3.8, 4) is 0 Å². The van der Waals surface area contributed by atoms with Gasteiger partial charge in [0.2, 0.25) is 0 Å². The Hall–Kier alpha value is -2.33. The number of carbonyl (C=O) groups excluding carboxylic acids is 2.